The normalized spacial score (nSPS) is 14.5. The van der Waals surface area contributed by atoms with E-state index in [1.807, 2.05) is 0 Å². The van der Waals surface area contributed by atoms with Crippen LogP contribution in [-0.4, -0.2) is 29.0 Å². The molecular weight excluding hydrogens is 541 g/mol. The molecule has 0 saturated carbocycles. The van der Waals surface area contributed by atoms with Crippen LogP contribution in [0, 0.1) is 10.1 Å². The van der Waals surface area contributed by atoms with E-state index in [0.717, 1.165) is 0 Å². The van der Waals surface area contributed by atoms with Crippen LogP contribution in [0.1, 0.15) is 11.1 Å². The summed E-state index contributed by atoms with van der Waals surface area (Å²) in [6, 6.07) is 15.5. The summed E-state index contributed by atoms with van der Waals surface area (Å²) in [5.74, 6) is -0.501. The zero-order valence-electron chi connectivity index (χ0n) is 19.1. The molecule has 188 valence electrons. The Labute approximate surface area is 226 Å². The number of hydrogen-bond donors (Lipinski definition) is 1. The van der Waals surface area contributed by atoms with Gasteiger partial charge in [0, 0.05) is 12.1 Å². The van der Waals surface area contributed by atoms with Gasteiger partial charge in [0.2, 0.25) is 0 Å². The Balaban J connectivity index is 1.56. The number of hydrogen-bond acceptors (Lipinski definition) is 7. The Bertz CT molecular complexity index is 1420. The molecule has 12 heteroatoms. The van der Waals surface area contributed by atoms with E-state index in [1.54, 1.807) is 36.4 Å². The molecule has 9 nitrogen and oxygen atoms in total. The van der Waals surface area contributed by atoms with Crippen molar-refractivity contribution in [2.24, 2.45) is 0 Å². The smallest absolute Gasteiger partial charge is 0.270 e. The molecule has 1 heterocycles. The van der Waals surface area contributed by atoms with Crippen LogP contribution in [0.2, 0.25) is 10.0 Å². The first-order chi connectivity index (χ1) is 17.7. The maximum atomic E-state index is 13.2. The quantitative estimate of drug-likeness (QED) is 0.137. The van der Waals surface area contributed by atoms with Gasteiger partial charge in [-0.25, -0.2) is 0 Å². The first-order valence-electron chi connectivity index (χ1n) is 10.6. The maximum Gasteiger partial charge on any atom is 0.270 e. The minimum absolute atomic E-state index is 0.0372. The van der Waals surface area contributed by atoms with Crippen molar-refractivity contribution in [2.75, 3.05) is 12.0 Å². The average Bonchev–Trinajstić information content (AvgIpc) is 2.86. The maximum absolute atomic E-state index is 13.2. The number of rotatable bonds is 7. The third kappa shape index (κ3) is 5.72. The van der Waals surface area contributed by atoms with Crippen LogP contribution >= 0.6 is 35.4 Å². The summed E-state index contributed by atoms with van der Waals surface area (Å²) in [6.45, 7) is 0.0625. The Kier molecular flexibility index (Phi) is 7.72. The molecule has 1 N–H and O–H groups in total. The fourth-order valence-electron chi connectivity index (χ4n) is 3.46. The van der Waals surface area contributed by atoms with Crippen molar-refractivity contribution in [3.63, 3.8) is 0 Å². The number of thiocarbonyl (C=S) groups is 1. The fourth-order valence-corrected chi connectivity index (χ4v) is 4.35. The Morgan fingerprint density at radius 1 is 1.05 bits per heavy atom. The van der Waals surface area contributed by atoms with E-state index in [0.29, 0.717) is 22.6 Å². The molecule has 0 radical (unpaired) electrons. The lowest BCUT2D eigenvalue weighted by molar-refractivity contribution is -0.384. The second kappa shape index (κ2) is 11.0. The summed E-state index contributed by atoms with van der Waals surface area (Å²) >= 11 is 18.0. The SMILES string of the molecule is COc1ccc(N2C(=O)C(=Cc3cc(Cl)c(OCc4ccc([N+](=O)[O-])cc4)c(Cl)c3)C(=O)NC2=S)cc1. The Morgan fingerprint density at radius 2 is 1.68 bits per heavy atom. The minimum atomic E-state index is -0.662. The van der Waals surface area contributed by atoms with Crippen molar-refractivity contribution in [1.82, 2.24) is 5.32 Å². The van der Waals surface area contributed by atoms with Gasteiger partial charge in [-0.15, -0.1) is 0 Å². The topological polar surface area (TPSA) is 111 Å². The highest BCUT2D eigenvalue weighted by Gasteiger charge is 2.34. The number of nitro groups is 1. The van der Waals surface area contributed by atoms with Gasteiger partial charge in [0.25, 0.3) is 17.5 Å². The molecule has 3 aromatic carbocycles. The molecule has 4 rings (SSSR count). The van der Waals surface area contributed by atoms with Crippen LogP contribution in [-0.2, 0) is 16.2 Å². The molecule has 3 aromatic rings. The number of nitrogens with one attached hydrogen (secondary N) is 1. The molecule has 0 aromatic heterocycles. The molecule has 0 spiro atoms. The number of halogens is 2. The molecule has 37 heavy (non-hydrogen) atoms. The molecule has 0 unspecified atom stereocenters. The summed E-state index contributed by atoms with van der Waals surface area (Å²) in [7, 11) is 1.52. The molecule has 1 saturated heterocycles. The number of nitrogens with zero attached hydrogens (tertiary/aromatic N) is 2. The van der Waals surface area contributed by atoms with Gasteiger partial charge in [0.1, 0.15) is 17.9 Å². The summed E-state index contributed by atoms with van der Waals surface area (Å²) in [4.78, 5) is 37.3. The minimum Gasteiger partial charge on any atom is -0.497 e. The van der Waals surface area contributed by atoms with Crippen LogP contribution in [0.25, 0.3) is 6.08 Å². The Morgan fingerprint density at radius 3 is 2.24 bits per heavy atom. The van der Waals surface area contributed by atoms with E-state index in [2.05, 4.69) is 5.32 Å². The van der Waals surface area contributed by atoms with Crippen molar-refractivity contribution >= 4 is 69.8 Å². The highest BCUT2D eigenvalue weighted by molar-refractivity contribution is 7.80. The molecule has 1 fully saturated rings. The summed E-state index contributed by atoms with van der Waals surface area (Å²) in [5, 5.41) is 13.6. The zero-order chi connectivity index (χ0) is 26.7. The zero-order valence-corrected chi connectivity index (χ0v) is 21.4. The van der Waals surface area contributed by atoms with Gasteiger partial charge >= 0.3 is 0 Å². The largest absolute Gasteiger partial charge is 0.497 e. The molecule has 0 atom stereocenters. The second-order valence-electron chi connectivity index (χ2n) is 7.68. The second-order valence-corrected chi connectivity index (χ2v) is 8.88. The average molecular weight is 558 g/mol. The molecule has 2 amide bonds. The van der Waals surface area contributed by atoms with Crippen molar-refractivity contribution in [2.45, 2.75) is 6.61 Å². The first-order valence-corrected chi connectivity index (χ1v) is 11.7. The third-order valence-corrected chi connectivity index (χ3v) is 6.14. The molecule has 0 bridgehead atoms. The van der Waals surface area contributed by atoms with Gasteiger partial charge in [0.05, 0.1) is 27.8 Å². The number of anilines is 1. The van der Waals surface area contributed by atoms with E-state index in [4.69, 9.17) is 44.9 Å². The predicted octanol–water partition coefficient (Wildman–Crippen LogP) is 5.32. The summed E-state index contributed by atoms with van der Waals surface area (Å²) < 4.78 is 10.9. The van der Waals surface area contributed by atoms with Crippen molar-refractivity contribution in [3.8, 4) is 11.5 Å². The highest BCUT2D eigenvalue weighted by atomic mass is 35.5. The van der Waals surface area contributed by atoms with Gasteiger partial charge < -0.3 is 9.47 Å². The third-order valence-electron chi connectivity index (χ3n) is 5.29. The molecular formula is C25H17Cl2N3O6S. The number of carbonyl (C=O) groups excluding carboxylic acids is 2. The number of methoxy groups -OCH3 is 1. The van der Waals surface area contributed by atoms with E-state index in [-0.39, 0.29) is 38.8 Å². The van der Waals surface area contributed by atoms with Gasteiger partial charge in [-0.2, -0.15) is 0 Å². The predicted molar refractivity (Wildman–Crippen MR) is 143 cm³/mol. The van der Waals surface area contributed by atoms with E-state index >= 15 is 0 Å². The van der Waals surface area contributed by atoms with Crippen molar-refractivity contribution < 1.29 is 24.0 Å². The lowest BCUT2D eigenvalue weighted by atomic mass is 10.1. The number of nitro benzene ring substituents is 1. The van der Waals surface area contributed by atoms with Crippen LogP contribution < -0.4 is 19.7 Å². The number of carbonyl (C=O) groups is 2. The van der Waals surface area contributed by atoms with Crippen molar-refractivity contribution in [3.05, 3.63) is 97.5 Å². The number of benzene rings is 3. The lowest BCUT2D eigenvalue weighted by Gasteiger charge is -2.29. The highest BCUT2D eigenvalue weighted by Crippen LogP contribution is 2.36. The number of non-ortho nitro benzene ring substituents is 1. The van der Waals surface area contributed by atoms with Gasteiger partial charge in [0.15, 0.2) is 10.9 Å². The van der Waals surface area contributed by atoms with Crippen LogP contribution in [0.15, 0.2) is 66.2 Å². The lowest BCUT2D eigenvalue weighted by Crippen LogP contribution is -2.54. The molecule has 0 aliphatic carbocycles. The standard InChI is InChI=1S/C25H17Cl2N3O6S/c1-35-18-8-6-16(7-9-18)29-24(32)19(23(31)28-25(29)37)10-15-11-20(26)22(21(27)12-15)36-13-14-2-4-17(5-3-14)30(33)34/h2-12H,13H2,1H3,(H,28,31,37). The number of ether oxygens (including phenoxy) is 2. The van der Waals surface area contributed by atoms with E-state index < -0.39 is 16.7 Å². The monoisotopic (exact) mass is 557 g/mol. The van der Waals surface area contributed by atoms with Gasteiger partial charge in [-0.1, -0.05) is 23.2 Å². The molecule has 1 aliphatic rings. The fraction of sp³-hybridized carbons (Fsp3) is 0.0800. The van der Waals surface area contributed by atoms with E-state index in [9.17, 15) is 19.7 Å². The number of amides is 2. The summed E-state index contributed by atoms with van der Waals surface area (Å²) in [5.41, 5.74) is 1.30. The van der Waals surface area contributed by atoms with Gasteiger partial charge in [-0.3, -0.25) is 29.9 Å². The first kappa shape index (κ1) is 26.1. The molecule has 1 aliphatic heterocycles. The van der Waals surface area contributed by atoms with Crippen LogP contribution in [0.5, 0.6) is 11.5 Å². The summed E-state index contributed by atoms with van der Waals surface area (Å²) in [6.07, 6.45) is 1.35. The van der Waals surface area contributed by atoms with E-state index in [1.165, 1.54) is 42.4 Å². The van der Waals surface area contributed by atoms with Crippen LogP contribution in [0.3, 0.4) is 0 Å². The van der Waals surface area contributed by atoms with Gasteiger partial charge in [-0.05, 0) is 78.0 Å². The van der Waals surface area contributed by atoms with Crippen molar-refractivity contribution in [1.29, 1.82) is 0 Å². The Hall–Kier alpha value is -3.99. The van der Waals surface area contributed by atoms with Crippen LogP contribution in [0.4, 0.5) is 11.4 Å².